The summed E-state index contributed by atoms with van der Waals surface area (Å²) in [6, 6.07) is 127. The molecule has 0 atom stereocenters. The van der Waals surface area contributed by atoms with Crippen LogP contribution in [0.15, 0.2) is 328 Å². The third-order valence-corrected chi connectivity index (χ3v) is 24.3. The van der Waals surface area contributed by atoms with Crippen molar-refractivity contribution in [2.75, 3.05) is 0 Å². The maximum Gasteiger partial charge on any atom is -0.00203 e. The monoisotopic (exact) mass is 1280 g/mol. The third kappa shape index (κ3) is 7.00. The van der Waals surface area contributed by atoms with E-state index in [1.165, 1.54) is 261 Å². The molecule has 25 rings (SSSR count). The van der Waals surface area contributed by atoms with Gasteiger partial charge in [-0.05, 0) is 279 Å². The lowest BCUT2D eigenvalue weighted by molar-refractivity contribution is 1.62. The Balaban J connectivity index is 0.722. The van der Waals surface area contributed by atoms with Crippen molar-refractivity contribution in [1.29, 1.82) is 0 Å². The van der Waals surface area contributed by atoms with E-state index in [1.54, 1.807) is 0 Å². The van der Waals surface area contributed by atoms with E-state index in [1.807, 2.05) is 0 Å². The summed E-state index contributed by atoms with van der Waals surface area (Å²) in [4.78, 5) is 0. The summed E-state index contributed by atoms with van der Waals surface area (Å²) in [7, 11) is 0. The number of benzene rings is 25. The SMILES string of the molecule is c1cc2ccc3ccc(-c4ccc5ccc6c(-c7cc(-c8ccc9ccc%10c(-c%11ccc%12ccc%13cccc%14ccc%11c%12c%13%14)ccc%11ccc8c9c%11%10)cc(-c8ccc9ccc%10c(-c%11ccc%12ccc%13cccc%14ccc%11c%12c%13%14)ccc%11ccc8c9c%11%10)c7)ccc7ccc4c5c76)c4ccc(c1)c2c34. The predicted molar refractivity (Wildman–Crippen MR) is 441 cm³/mol. The summed E-state index contributed by atoms with van der Waals surface area (Å²) in [5.41, 5.74) is 14.8. The van der Waals surface area contributed by atoms with Crippen LogP contribution in [0.1, 0.15) is 0 Å². The maximum absolute atomic E-state index is 2.51. The topological polar surface area (TPSA) is 0 Å². The van der Waals surface area contributed by atoms with Gasteiger partial charge in [0.2, 0.25) is 0 Å². The van der Waals surface area contributed by atoms with E-state index in [-0.39, 0.29) is 0 Å². The van der Waals surface area contributed by atoms with E-state index in [4.69, 9.17) is 0 Å². The Hall–Kier alpha value is -13.3. The molecule has 102 heavy (non-hydrogen) atoms. The average Bonchev–Trinajstić information content (AvgIpc) is 0.722. The standard InChI is InChI=1S/C102H54/c1-4-55-10-13-61-19-37-76(85-46-25-58(7-1)91(55)94(61)85)79-40-22-67-28-43-82-73(34-16-64-31-49-88(79)100(67)97(64)82)70-52-71(74-35-17-65-32-50-89-80(41-23-68-29-44-83(74)98(65)101(68)89)77-38-20-62-14-11-56-5-2-8-59-26-47-86(77)95(62)92(56)59)54-72(53-70)75-36-18-66-33-51-90-81(42-24-69-30-45-84(75)99(66)102(69)90)78-39-21-63-15-12-57-6-3-9-60-27-48-87(78)96(63)93(57)60/h1-54H. The van der Waals surface area contributed by atoms with Crippen LogP contribution < -0.4 is 0 Å². The molecule has 0 fully saturated rings. The van der Waals surface area contributed by atoms with Gasteiger partial charge >= 0.3 is 0 Å². The van der Waals surface area contributed by atoms with Gasteiger partial charge in [-0.2, -0.15) is 0 Å². The molecule has 0 spiro atoms. The first-order chi connectivity index (χ1) is 50.5. The summed E-state index contributed by atoms with van der Waals surface area (Å²) in [6.45, 7) is 0. The predicted octanol–water partition coefficient (Wildman–Crippen LogP) is 29.1. The molecule has 25 aromatic rings. The van der Waals surface area contributed by atoms with Gasteiger partial charge in [-0.25, -0.2) is 0 Å². The smallest absolute Gasteiger partial charge is 0.00203 e. The molecule has 0 aliphatic carbocycles. The van der Waals surface area contributed by atoms with Crippen molar-refractivity contribution in [3.63, 3.8) is 0 Å². The summed E-state index contributed by atoms with van der Waals surface area (Å²) in [5, 5.41) is 46.4. The van der Waals surface area contributed by atoms with Crippen LogP contribution in [0, 0.1) is 0 Å². The van der Waals surface area contributed by atoms with Crippen molar-refractivity contribution < 1.29 is 0 Å². The Morgan fingerprint density at radius 1 is 0.0980 bits per heavy atom. The minimum atomic E-state index is 1.19. The molecule has 0 heterocycles. The molecule has 0 aromatic heterocycles. The second-order valence-corrected chi connectivity index (χ2v) is 29.2. The molecule has 0 aliphatic heterocycles. The highest BCUT2D eigenvalue weighted by atomic mass is 14.3. The van der Waals surface area contributed by atoms with Crippen molar-refractivity contribution in [3.05, 3.63) is 328 Å². The van der Waals surface area contributed by atoms with E-state index in [9.17, 15) is 0 Å². The van der Waals surface area contributed by atoms with E-state index >= 15 is 0 Å². The van der Waals surface area contributed by atoms with Gasteiger partial charge in [0.1, 0.15) is 0 Å². The fraction of sp³-hybridized carbons (Fsp3) is 0. The molecule has 25 aromatic carbocycles. The lowest BCUT2D eigenvalue weighted by atomic mass is 9.83. The van der Waals surface area contributed by atoms with Gasteiger partial charge in [0.25, 0.3) is 0 Å². The molecule has 0 amide bonds. The molecule has 0 saturated carbocycles. The first-order valence-corrected chi connectivity index (χ1v) is 35.8. The summed E-state index contributed by atoms with van der Waals surface area (Å²) in [6.07, 6.45) is 0. The van der Waals surface area contributed by atoms with Crippen LogP contribution in [0.2, 0.25) is 0 Å². The van der Waals surface area contributed by atoms with E-state index in [0.29, 0.717) is 0 Å². The van der Waals surface area contributed by atoms with Gasteiger partial charge in [0.05, 0.1) is 0 Å². The lowest BCUT2D eigenvalue weighted by Gasteiger charge is -2.21. The molecular weight excluding hydrogens is 1230 g/mol. The molecule has 0 saturated heterocycles. The zero-order valence-electron chi connectivity index (χ0n) is 55.2. The first kappa shape index (κ1) is 53.7. The number of hydrogen-bond donors (Lipinski definition) is 0. The minimum Gasteiger partial charge on any atom is -0.0610 e. The Morgan fingerprint density at radius 3 is 0.412 bits per heavy atom. The fourth-order valence-electron chi connectivity index (χ4n) is 19.9. The van der Waals surface area contributed by atoms with Crippen LogP contribution in [-0.2, 0) is 0 Å². The molecular formula is C102H54. The zero-order chi connectivity index (χ0) is 65.9. The van der Waals surface area contributed by atoms with Crippen LogP contribution >= 0.6 is 0 Å². The van der Waals surface area contributed by atoms with Gasteiger partial charge in [-0.1, -0.05) is 309 Å². The van der Waals surface area contributed by atoms with E-state index in [0.717, 1.165) is 0 Å². The van der Waals surface area contributed by atoms with Crippen molar-refractivity contribution >= 4 is 194 Å². The van der Waals surface area contributed by atoms with Crippen LogP contribution in [-0.4, -0.2) is 0 Å². The summed E-state index contributed by atoms with van der Waals surface area (Å²) in [5.74, 6) is 0. The molecule has 462 valence electrons. The lowest BCUT2D eigenvalue weighted by Crippen LogP contribution is -1.93. The second-order valence-electron chi connectivity index (χ2n) is 29.2. The van der Waals surface area contributed by atoms with Crippen LogP contribution in [0.4, 0.5) is 0 Å². The van der Waals surface area contributed by atoms with Crippen molar-refractivity contribution in [1.82, 2.24) is 0 Å². The highest BCUT2D eigenvalue weighted by Crippen LogP contribution is 2.52. The van der Waals surface area contributed by atoms with Gasteiger partial charge in [0, 0.05) is 0 Å². The molecule has 0 nitrogen and oxygen atoms in total. The van der Waals surface area contributed by atoms with Gasteiger partial charge in [0.15, 0.2) is 0 Å². The molecule has 0 N–H and O–H groups in total. The molecule has 0 unspecified atom stereocenters. The molecule has 0 bridgehead atoms. The van der Waals surface area contributed by atoms with Crippen molar-refractivity contribution in [3.8, 4) is 66.8 Å². The molecule has 0 heteroatoms. The van der Waals surface area contributed by atoms with Gasteiger partial charge in [-0.15, -0.1) is 0 Å². The van der Waals surface area contributed by atoms with Crippen molar-refractivity contribution in [2.24, 2.45) is 0 Å². The third-order valence-electron chi connectivity index (χ3n) is 24.3. The highest BCUT2D eigenvalue weighted by molar-refractivity contribution is 6.35. The zero-order valence-corrected chi connectivity index (χ0v) is 55.2. The maximum atomic E-state index is 2.51. The fourth-order valence-corrected chi connectivity index (χ4v) is 19.9. The van der Waals surface area contributed by atoms with Crippen molar-refractivity contribution in [2.45, 2.75) is 0 Å². The summed E-state index contributed by atoms with van der Waals surface area (Å²) < 4.78 is 0. The Morgan fingerprint density at radius 2 is 0.225 bits per heavy atom. The Kier molecular flexibility index (Phi) is 10.2. The average molecular weight is 1280 g/mol. The highest BCUT2D eigenvalue weighted by Gasteiger charge is 2.25. The summed E-state index contributed by atoms with van der Waals surface area (Å²) >= 11 is 0. The van der Waals surface area contributed by atoms with E-state index < -0.39 is 0 Å². The first-order valence-electron chi connectivity index (χ1n) is 35.8. The largest absolute Gasteiger partial charge is 0.0610 e. The Labute approximate surface area is 584 Å². The number of rotatable bonds is 6. The quantitative estimate of drug-likeness (QED) is 0.146. The van der Waals surface area contributed by atoms with E-state index in [2.05, 4.69) is 328 Å². The molecule has 0 aliphatic rings. The Bertz CT molecular complexity index is 7170. The van der Waals surface area contributed by atoms with Crippen LogP contribution in [0.5, 0.6) is 0 Å². The van der Waals surface area contributed by atoms with Gasteiger partial charge < -0.3 is 0 Å². The normalized spacial score (nSPS) is 12.7. The molecule has 0 radical (unpaired) electrons. The number of hydrogen-bond acceptors (Lipinski definition) is 0. The van der Waals surface area contributed by atoms with Crippen LogP contribution in [0.3, 0.4) is 0 Å². The minimum absolute atomic E-state index is 1.19. The van der Waals surface area contributed by atoms with Crippen LogP contribution in [0.25, 0.3) is 261 Å². The van der Waals surface area contributed by atoms with Gasteiger partial charge in [-0.3, -0.25) is 0 Å². The second kappa shape index (κ2) is 19.3.